The quantitative estimate of drug-likeness (QED) is 0.0554. The molecule has 0 unspecified atom stereocenters. The minimum absolute atomic E-state index is 0.00950. The third kappa shape index (κ3) is 18.9. The first-order chi connectivity index (χ1) is 48.8. The van der Waals surface area contributed by atoms with Gasteiger partial charge in [0, 0.05) is 77.5 Å². The molecule has 7 aromatic rings. The number of rotatable bonds is 15. The fourth-order valence-corrected chi connectivity index (χ4v) is 13.9. The molecule has 0 amide bonds. The Hall–Kier alpha value is -7.01. The zero-order valence-electron chi connectivity index (χ0n) is 60.8. The summed E-state index contributed by atoms with van der Waals surface area (Å²) in [6, 6.07) is 29.8. The van der Waals surface area contributed by atoms with Crippen molar-refractivity contribution in [2.24, 2.45) is 0 Å². The van der Waals surface area contributed by atoms with E-state index in [9.17, 15) is 40.7 Å². The Labute approximate surface area is 622 Å². The van der Waals surface area contributed by atoms with Crippen LogP contribution in [-0.4, -0.2) is 116 Å². The predicted octanol–water partition coefficient (Wildman–Crippen LogP) is 17.2. The molecule has 19 nitrogen and oxygen atoms in total. The van der Waals surface area contributed by atoms with E-state index in [0.29, 0.717) is 75.0 Å². The van der Waals surface area contributed by atoms with Gasteiger partial charge in [0.05, 0.1) is 42.5 Å². The number of carboxylic acid groups (broad SMARTS) is 1. The lowest BCUT2D eigenvalue weighted by atomic mass is 9.87. The average molecular weight is 1550 g/mol. The maximum atomic E-state index is 13.5. The van der Waals surface area contributed by atoms with Crippen LogP contribution in [0.2, 0.25) is 0 Å². The van der Waals surface area contributed by atoms with E-state index in [1.807, 2.05) is 45.9 Å². The first-order valence-electron chi connectivity index (χ1n) is 34.6. The molecule has 0 bridgehead atoms. The molecule has 15 rings (SSSR count). The number of nitrogens with zero attached hydrogens (tertiary/aromatic N) is 3. The smallest absolute Gasteiger partial charge is 0.481 e. The Morgan fingerprint density at radius 1 is 0.533 bits per heavy atom. The van der Waals surface area contributed by atoms with Crippen LogP contribution in [0.4, 0.5) is 32.0 Å². The number of hydrogen-bond donors (Lipinski definition) is 2. The van der Waals surface area contributed by atoms with Gasteiger partial charge in [0.1, 0.15) is 18.0 Å². The van der Waals surface area contributed by atoms with Gasteiger partial charge in [0.2, 0.25) is 14.5 Å². The van der Waals surface area contributed by atoms with E-state index < -0.39 is 67.1 Å². The van der Waals surface area contributed by atoms with E-state index in [4.69, 9.17) is 45.6 Å². The molecule has 0 spiro atoms. The highest BCUT2D eigenvalue weighted by molar-refractivity contribution is 8.26. The molecule has 3 aliphatic carbocycles. The summed E-state index contributed by atoms with van der Waals surface area (Å²) in [6.45, 7) is 33.8. The van der Waals surface area contributed by atoms with Gasteiger partial charge in [0.15, 0.2) is 46.1 Å². The van der Waals surface area contributed by atoms with Crippen molar-refractivity contribution in [1.29, 1.82) is 0 Å². The number of ketones is 1. The number of anilines is 1. The number of aliphatic carboxylic acids is 1. The number of hydrogen-bond acceptors (Lipinski definition) is 16. The highest BCUT2D eigenvalue weighted by atomic mass is 36.0. The molecule has 2 atom stereocenters. The number of Topliss-reactive ketones (excluding diaryl/α,β-unsaturated/α-hetero) is 1. The highest BCUT2D eigenvalue weighted by Gasteiger charge is 2.55. The number of nitrogens with two attached hydrogens (primary N) is 1. The van der Waals surface area contributed by atoms with Gasteiger partial charge in [-0.25, -0.2) is 4.21 Å². The summed E-state index contributed by atoms with van der Waals surface area (Å²) in [5.41, 5.74) is 11.9. The number of carboxylic acids is 1. The van der Waals surface area contributed by atoms with Gasteiger partial charge in [-0.2, -0.15) is 0 Å². The minimum atomic E-state index is -3.67. The maximum absolute atomic E-state index is 13.5. The summed E-state index contributed by atoms with van der Waals surface area (Å²) in [7, 11) is 7.36. The minimum Gasteiger partial charge on any atom is -0.481 e. The van der Waals surface area contributed by atoms with E-state index in [1.54, 1.807) is 12.1 Å². The molecule has 3 N–H and O–H groups in total. The molecular weight excluding hydrogens is 1460 g/mol. The monoisotopic (exact) mass is 1550 g/mol. The number of halogens is 9. The molecule has 0 radical (unpaired) electrons. The van der Waals surface area contributed by atoms with Crippen LogP contribution in [-0.2, 0) is 89.1 Å². The van der Waals surface area contributed by atoms with Gasteiger partial charge in [0.25, 0.3) is 0 Å². The molecule has 8 aliphatic rings. The molecule has 7 heterocycles. The van der Waals surface area contributed by atoms with Gasteiger partial charge in [-0.3, -0.25) is 14.4 Å². The second kappa shape index (κ2) is 30.2. The molecule has 5 aromatic carbocycles. The average Bonchev–Trinajstić information content (AvgIpc) is 1.60. The molecule has 3 saturated carbocycles. The third-order valence-corrected chi connectivity index (χ3v) is 19.8. The lowest BCUT2D eigenvalue weighted by molar-refractivity contribution is -0.287. The molecule has 105 heavy (non-hydrogen) atoms. The van der Waals surface area contributed by atoms with Crippen LogP contribution in [0.3, 0.4) is 0 Å². The number of benzene rings is 5. The van der Waals surface area contributed by atoms with E-state index in [-0.39, 0.29) is 69.7 Å². The summed E-state index contributed by atoms with van der Waals surface area (Å²) in [5, 5.41) is 10.9. The van der Waals surface area contributed by atoms with Crippen molar-refractivity contribution in [1.82, 2.24) is 14.0 Å². The Morgan fingerprint density at radius 3 is 1.21 bits per heavy atom. The van der Waals surface area contributed by atoms with Gasteiger partial charge in [-0.15, -0.1) is 26.3 Å². The SMILES string of the molecule is CC1(C)OC[C@@H](Cn2c(C(C)(C)C)cc3cc(CC(=O)C4(c5ccc6c(c5)OC(F)(F)O6)CC4)ccc32)O1.CC1(C)OC[C@@H](Cn2c(C(C)(C)C)cc3cc(N)ccc32)O1.CCN(CC)CC.O=C(Cl)C1(c2ccc3c(c2)OC(F)(F)O3)CC1.O=C(O)C1(c2ccc3c(c2)OC(F)(F)O3)CC1.O=S(Cl)Cl. The molecule has 2 saturated heterocycles. The Kier molecular flexibility index (Phi) is 23.2. The molecule has 2 aromatic heterocycles. The number of ether oxygens (including phenoxy) is 10. The van der Waals surface area contributed by atoms with E-state index >= 15 is 0 Å². The van der Waals surface area contributed by atoms with E-state index in [2.05, 4.69) is 156 Å². The molecular formula is C76H89Cl3F6N4O15S. The summed E-state index contributed by atoms with van der Waals surface area (Å²) in [4.78, 5) is 38.3. The van der Waals surface area contributed by atoms with Crippen molar-refractivity contribution in [3.05, 3.63) is 137 Å². The summed E-state index contributed by atoms with van der Waals surface area (Å²) in [6.07, 6.45) is -7.01. The van der Waals surface area contributed by atoms with Gasteiger partial charge in [-0.05, 0) is 199 Å². The first kappa shape index (κ1) is 80.5. The summed E-state index contributed by atoms with van der Waals surface area (Å²) < 4.78 is 142. The van der Waals surface area contributed by atoms with Gasteiger partial charge in [-0.1, -0.05) is 86.6 Å². The zero-order chi connectivity index (χ0) is 77.0. The third-order valence-electron chi connectivity index (χ3n) is 19.5. The lowest BCUT2D eigenvalue weighted by Gasteiger charge is -2.24. The Balaban J connectivity index is 0.000000151. The second-order valence-corrected chi connectivity index (χ2v) is 33.0. The lowest BCUT2D eigenvalue weighted by Crippen LogP contribution is -2.26. The van der Waals surface area contributed by atoms with Crippen molar-refractivity contribution < 1.29 is 97.4 Å². The van der Waals surface area contributed by atoms with Crippen molar-refractivity contribution in [3.8, 4) is 34.5 Å². The fourth-order valence-electron chi connectivity index (χ4n) is 13.6. The standard InChI is InChI=1S/C30H33F2NO5.C18H26N2O2.C11H7ClF2O3.C11H8F2O4.C6H15N.Cl2OS/c1-27(2,3)25-14-19-12-18(6-8-22(19)33(25)16-21-17-35-28(4,5)36-21)13-26(34)29(10-11-29)20-7-9-23-24(15-20)38-30(31,32)37-23;1-17(2,3)16-9-12-8-13(19)6-7-15(12)20(16)10-14-11-21-18(4,5)22-14;12-9(15)10(3-4-10)6-1-2-7-8(5-6)17-11(13,14)16-7;12-11(13)16-7-2-1-6(5-8(7)17-11)10(3-4-10)9(14)15;1-4-7(5-2)6-3;1-4(2)3/h6-9,12,14-15,21H,10-11,13,16-17H2,1-5H3;6-9,14H,10-11,19H2,1-5H3;1-2,5H,3-4H2;1-2,5H,3-4H2,(H,14,15);4-6H2,1-3H3;/t21-;14-;;;;/m11..../s1. The van der Waals surface area contributed by atoms with Crippen LogP contribution in [0, 0.1) is 0 Å². The van der Waals surface area contributed by atoms with Crippen LogP contribution < -0.4 is 34.2 Å². The normalized spacial score (nSPS) is 21.0. The van der Waals surface area contributed by atoms with Crippen LogP contribution in [0.1, 0.15) is 162 Å². The van der Waals surface area contributed by atoms with Crippen molar-refractivity contribution in [2.75, 3.05) is 38.6 Å². The second-order valence-electron chi connectivity index (χ2n) is 30.1. The van der Waals surface area contributed by atoms with Crippen LogP contribution >= 0.6 is 33.0 Å². The number of carbonyl (C=O) groups excluding carboxylic acids is 2. The van der Waals surface area contributed by atoms with Crippen LogP contribution in [0.5, 0.6) is 34.5 Å². The number of aromatic nitrogens is 2. The van der Waals surface area contributed by atoms with Gasteiger partial charge < -0.3 is 72.2 Å². The zero-order valence-corrected chi connectivity index (χ0v) is 63.8. The summed E-state index contributed by atoms with van der Waals surface area (Å²) in [5.74, 6) is -2.23. The van der Waals surface area contributed by atoms with Crippen molar-refractivity contribution >= 4 is 86.7 Å². The number of fused-ring (bicyclic) bond motifs is 5. The fraction of sp³-hybridized carbons (Fsp3) is 0.513. The largest absolute Gasteiger partial charge is 0.586 e. The molecule has 29 heteroatoms. The topological polar surface area (TPSA) is 220 Å². The van der Waals surface area contributed by atoms with E-state index in [1.165, 1.54) is 84.4 Å². The number of carbonyl (C=O) groups is 3. The molecule has 572 valence electrons. The van der Waals surface area contributed by atoms with Crippen LogP contribution in [0.25, 0.3) is 21.8 Å². The van der Waals surface area contributed by atoms with E-state index in [0.717, 1.165) is 28.7 Å². The van der Waals surface area contributed by atoms with Gasteiger partial charge >= 0.3 is 24.9 Å². The maximum Gasteiger partial charge on any atom is 0.586 e. The molecule has 5 aliphatic heterocycles. The first-order valence-corrected chi connectivity index (χ1v) is 37.8. The molecule has 5 fully saturated rings. The predicted molar refractivity (Wildman–Crippen MR) is 387 cm³/mol. The van der Waals surface area contributed by atoms with Crippen LogP contribution in [0.15, 0.2) is 103 Å². The highest BCUT2D eigenvalue weighted by Crippen LogP contribution is 2.56. The summed E-state index contributed by atoms with van der Waals surface area (Å²) >= 11 is 5.51. The van der Waals surface area contributed by atoms with Crippen molar-refractivity contribution in [2.45, 2.75) is 218 Å². The van der Waals surface area contributed by atoms with Crippen molar-refractivity contribution in [3.63, 3.8) is 0 Å². The Morgan fingerprint density at radius 2 is 0.886 bits per heavy atom. The number of nitrogen functional groups attached to an aromatic ring is 1. The Bertz CT molecular complexity index is 4300. The number of alkyl halides is 6.